The zero-order valence-electron chi connectivity index (χ0n) is 13.0. The first-order valence-corrected chi connectivity index (χ1v) is 7.82. The summed E-state index contributed by atoms with van der Waals surface area (Å²) in [5.74, 6) is 0. The van der Waals surface area contributed by atoms with Gasteiger partial charge in [0.15, 0.2) is 0 Å². The molecule has 7 heteroatoms. The first-order valence-electron chi connectivity index (χ1n) is 7.82. The van der Waals surface area contributed by atoms with Crippen molar-refractivity contribution >= 4 is 17.1 Å². The summed E-state index contributed by atoms with van der Waals surface area (Å²) < 4.78 is 5.36. The Kier molecular flexibility index (Phi) is 4.44. The highest BCUT2D eigenvalue weighted by molar-refractivity contribution is 5.70. The number of nitro benzene ring substituents is 1. The number of nitro groups is 1. The van der Waals surface area contributed by atoms with Gasteiger partial charge in [-0.05, 0) is 12.1 Å². The average molecular weight is 307 g/mol. The van der Waals surface area contributed by atoms with Crippen LogP contribution in [0.15, 0.2) is 18.2 Å². The highest BCUT2D eigenvalue weighted by Gasteiger charge is 2.24. The van der Waals surface area contributed by atoms with E-state index in [-0.39, 0.29) is 10.6 Å². The molecule has 0 aromatic heterocycles. The number of ether oxygens (including phenoxy) is 1. The topological polar surface area (TPSA) is 63.3 Å². The van der Waals surface area contributed by atoms with Gasteiger partial charge in [0.1, 0.15) is 5.69 Å². The van der Waals surface area contributed by atoms with E-state index in [1.54, 1.807) is 6.07 Å². The smallest absolute Gasteiger partial charge is 0.292 e. The zero-order valence-corrected chi connectivity index (χ0v) is 13.0. The number of quaternary nitrogens is 1. The van der Waals surface area contributed by atoms with Crippen LogP contribution >= 0.6 is 0 Å². The van der Waals surface area contributed by atoms with Gasteiger partial charge in [-0.3, -0.25) is 10.1 Å². The van der Waals surface area contributed by atoms with E-state index >= 15 is 0 Å². The maximum absolute atomic E-state index is 11.3. The molecule has 0 unspecified atom stereocenters. The van der Waals surface area contributed by atoms with E-state index in [0.717, 1.165) is 37.6 Å². The molecule has 22 heavy (non-hydrogen) atoms. The van der Waals surface area contributed by atoms with Gasteiger partial charge in [-0.2, -0.15) is 0 Å². The minimum Gasteiger partial charge on any atom is -0.378 e. The number of rotatable bonds is 3. The molecule has 0 aliphatic carbocycles. The van der Waals surface area contributed by atoms with E-state index in [1.165, 1.54) is 4.90 Å². The molecular formula is C15H23N4O3+. The van der Waals surface area contributed by atoms with Crippen molar-refractivity contribution in [2.75, 3.05) is 69.3 Å². The number of likely N-dealkylation sites (N-methyl/N-ethyl adjacent to an activating group) is 1. The van der Waals surface area contributed by atoms with Crippen molar-refractivity contribution in [3.05, 3.63) is 28.3 Å². The number of hydrogen-bond acceptors (Lipinski definition) is 5. The van der Waals surface area contributed by atoms with Crippen molar-refractivity contribution in [1.82, 2.24) is 0 Å². The quantitative estimate of drug-likeness (QED) is 0.617. The van der Waals surface area contributed by atoms with Crippen molar-refractivity contribution < 1.29 is 14.6 Å². The number of piperazine rings is 1. The Labute approximate surface area is 130 Å². The summed E-state index contributed by atoms with van der Waals surface area (Å²) in [6.45, 7) is 6.85. The zero-order chi connectivity index (χ0) is 15.5. The molecule has 2 fully saturated rings. The van der Waals surface area contributed by atoms with Crippen LogP contribution in [0, 0.1) is 10.1 Å². The molecule has 0 saturated carbocycles. The van der Waals surface area contributed by atoms with Crippen LogP contribution in [0.1, 0.15) is 0 Å². The highest BCUT2D eigenvalue weighted by Crippen LogP contribution is 2.33. The van der Waals surface area contributed by atoms with Crippen LogP contribution in [0.25, 0.3) is 0 Å². The van der Waals surface area contributed by atoms with E-state index < -0.39 is 0 Å². The van der Waals surface area contributed by atoms with Crippen LogP contribution < -0.4 is 14.7 Å². The molecule has 1 aromatic rings. The molecular weight excluding hydrogens is 284 g/mol. The normalized spacial score (nSPS) is 20.2. The summed E-state index contributed by atoms with van der Waals surface area (Å²) in [6, 6.07) is 5.50. The lowest BCUT2D eigenvalue weighted by Crippen LogP contribution is -3.12. The van der Waals surface area contributed by atoms with Crippen molar-refractivity contribution in [2.45, 2.75) is 0 Å². The summed E-state index contributed by atoms with van der Waals surface area (Å²) >= 11 is 0. The van der Waals surface area contributed by atoms with Crippen LogP contribution in [-0.4, -0.2) is 64.5 Å². The first kappa shape index (κ1) is 15.1. The molecule has 0 atom stereocenters. The summed E-state index contributed by atoms with van der Waals surface area (Å²) in [4.78, 5) is 17.0. The van der Waals surface area contributed by atoms with E-state index in [2.05, 4.69) is 16.8 Å². The molecule has 2 aliphatic heterocycles. The number of benzene rings is 1. The Morgan fingerprint density at radius 2 is 1.82 bits per heavy atom. The van der Waals surface area contributed by atoms with Gasteiger partial charge in [-0.15, -0.1) is 0 Å². The van der Waals surface area contributed by atoms with Crippen LogP contribution in [0.5, 0.6) is 0 Å². The average Bonchev–Trinajstić information content (AvgIpc) is 2.56. The second kappa shape index (κ2) is 6.50. The number of nitrogens with zero attached hydrogens (tertiary/aromatic N) is 3. The minimum atomic E-state index is -0.289. The van der Waals surface area contributed by atoms with E-state index in [9.17, 15) is 10.1 Å². The molecule has 0 spiro atoms. The number of anilines is 2. The van der Waals surface area contributed by atoms with Crippen LogP contribution in [0.3, 0.4) is 0 Å². The van der Waals surface area contributed by atoms with Crippen LogP contribution in [0.2, 0.25) is 0 Å². The fourth-order valence-corrected chi connectivity index (χ4v) is 3.07. The third-order valence-corrected chi connectivity index (χ3v) is 4.49. The molecule has 7 nitrogen and oxygen atoms in total. The Morgan fingerprint density at radius 1 is 1.14 bits per heavy atom. The van der Waals surface area contributed by atoms with Gasteiger partial charge in [0.05, 0.1) is 51.4 Å². The molecule has 0 bridgehead atoms. The van der Waals surface area contributed by atoms with Gasteiger partial charge in [-0.1, -0.05) is 0 Å². The minimum absolute atomic E-state index is 0.186. The standard InChI is InChI=1S/C15H22N4O3/c1-16-4-6-17(7-5-16)13-2-3-14(19(20)21)15(12-13)18-8-10-22-11-9-18/h2-3,12H,4-11H2,1H3/p+1. The molecule has 0 amide bonds. The predicted molar refractivity (Wildman–Crippen MR) is 85.0 cm³/mol. The SMILES string of the molecule is C[NH+]1CCN(c2ccc([N+](=O)[O-])c(N3CCOCC3)c2)CC1. The fraction of sp³-hybridized carbons (Fsp3) is 0.600. The maximum Gasteiger partial charge on any atom is 0.292 e. The van der Waals surface area contributed by atoms with Gasteiger partial charge in [0, 0.05) is 24.8 Å². The third kappa shape index (κ3) is 3.15. The van der Waals surface area contributed by atoms with Crippen LogP contribution in [0.4, 0.5) is 17.1 Å². The molecule has 1 aromatic carbocycles. The number of morpholine rings is 1. The third-order valence-electron chi connectivity index (χ3n) is 4.49. The van der Waals surface area contributed by atoms with E-state index in [1.807, 2.05) is 12.1 Å². The Morgan fingerprint density at radius 3 is 2.45 bits per heavy atom. The molecule has 2 aliphatic rings. The molecule has 2 heterocycles. The van der Waals surface area contributed by atoms with Crippen molar-refractivity contribution in [3.8, 4) is 0 Å². The molecule has 3 rings (SSSR count). The number of hydrogen-bond donors (Lipinski definition) is 1. The molecule has 2 saturated heterocycles. The monoisotopic (exact) mass is 307 g/mol. The summed E-state index contributed by atoms with van der Waals surface area (Å²) in [7, 11) is 2.20. The van der Waals surface area contributed by atoms with E-state index in [4.69, 9.17) is 4.74 Å². The summed E-state index contributed by atoms with van der Waals surface area (Å²) in [5, 5.41) is 11.3. The van der Waals surface area contributed by atoms with Gasteiger partial charge in [0.2, 0.25) is 0 Å². The Balaban J connectivity index is 1.87. The lowest BCUT2D eigenvalue weighted by atomic mass is 10.1. The molecule has 120 valence electrons. The highest BCUT2D eigenvalue weighted by atomic mass is 16.6. The second-order valence-corrected chi connectivity index (χ2v) is 5.97. The Hall–Kier alpha value is -1.86. The first-order chi connectivity index (χ1) is 10.6. The largest absolute Gasteiger partial charge is 0.378 e. The van der Waals surface area contributed by atoms with Crippen LogP contribution in [-0.2, 0) is 4.74 Å². The maximum atomic E-state index is 11.3. The van der Waals surface area contributed by atoms with Crippen molar-refractivity contribution in [3.63, 3.8) is 0 Å². The summed E-state index contributed by atoms with van der Waals surface area (Å²) in [5.41, 5.74) is 1.99. The lowest BCUT2D eigenvalue weighted by molar-refractivity contribution is -0.880. The lowest BCUT2D eigenvalue weighted by Gasteiger charge is -2.33. The predicted octanol–water partition coefficient (Wildman–Crippen LogP) is -0.234. The van der Waals surface area contributed by atoms with Gasteiger partial charge >= 0.3 is 0 Å². The second-order valence-electron chi connectivity index (χ2n) is 5.97. The Bertz CT molecular complexity index is 538. The van der Waals surface area contributed by atoms with Gasteiger partial charge < -0.3 is 19.4 Å². The van der Waals surface area contributed by atoms with Gasteiger partial charge in [-0.25, -0.2) is 0 Å². The van der Waals surface area contributed by atoms with Crippen molar-refractivity contribution in [1.29, 1.82) is 0 Å². The molecule has 0 radical (unpaired) electrons. The summed E-state index contributed by atoms with van der Waals surface area (Å²) in [6.07, 6.45) is 0. The van der Waals surface area contributed by atoms with E-state index in [0.29, 0.717) is 26.3 Å². The number of nitrogens with one attached hydrogen (secondary N) is 1. The fourth-order valence-electron chi connectivity index (χ4n) is 3.07. The molecule has 1 N–H and O–H groups in total. The van der Waals surface area contributed by atoms with Gasteiger partial charge in [0.25, 0.3) is 5.69 Å². The van der Waals surface area contributed by atoms with Crippen molar-refractivity contribution in [2.24, 2.45) is 0 Å².